The van der Waals surface area contributed by atoms with Crippen LogP contribution in [-0.4, -0.2) is 40.2 Å². The minimum atomic E-state index is -0.662. The van der Waals surface area contributed by atoms with E-state index in [1.807, 2.05) is 0 Å². The lowest BCUT2D eigenvalue weighted by Gasteiger charge is -2.26. The number of piperidine rings is 1. The molecule has 9 nitrogen and oxygen atoms in total. The average Bonchev–Trinajstić information content (AvgIpc) is 3.27. The third kappa shape index (κ3) is 3.79. The Bertz CT molecular complexity index is 859. The highest BCUT2D eigenvalue weighted by atomic mass is 35.5. The Kier molecular flexibility index (Phi) is 5.43. The predicted octanol–water partition coefficient (Wildman–Crippen LogP) is 2.85. The van der Waals surface area contributed by atoms with E-state index in [0.29, 0.717) is 23.5 Å². The van der Waals surface area contributed by atoms with Crippen molar-refractivity contribution < 1.29 is 19.0 Å². The monoisotopic (exact) mass is 394 g/mol. The first kappa shape index (κ1) is 19.2. The van der Waals surface area contributed by atoms with Crippen LogP contribution in [0.5, 0.6) is 0 Å². The van der Waals surface area contributed by atoms with Crippen LogP contribution in [0.3, 0.4) is 0 Å². The summed E-state index contributed by atoms with van der Waals surface area (Å²) in [5, 5.41) is 18.8. The number of nitro benzene ring substituents is 1. The van der Waals surface area contributed by atoms with Gasteiger partial charge in [0.25, 0.3) is 11.6 Å². The van der Waals surface area contributed by atoms with Gasteiger partial charge in [-0.2, -0.15) is 4.98 Å². The Morgan fingerprint density at radius 3 is 2.63 bits per heavy atom. The zero-order valence-corrected chi connectivity index (χ0v) is 15.4. The quantitative estimate of drug-likeness (QED) is 0.477. The molecule has 1 N–H and O–H groups in total. The molecule has 0 amide bonds. The SMILES string of the molecule is COC(=O)c1cc(-c2nc(C3CC4CCC(C3)N4)no2)cc([N+](=O)[O-])c1.Cl. The van der Waals surface area contributed by atoms with Gasteiger partial charge in [0, 0.05) is 35.7 Å². The highest BCUT2D eigenvalue weighted by Gasteiger charge is 2.36. The van der Waals surface area contributed by atoms with Crippen molar-refractivity contribution >= 4 is 24.1 Å². The molecule has 2 bridgehead atoms. The molecule has 2 aliphatic rings. The van der Waals surface area contributed by atoms with E-state index >= 15 is 0 Å². The Morgan fingerprint density at radius 1 is 1.30 bits per heavy atom. The number of fused-ring (bicyclic) bond motifs is 2. The van der Waals surface area contributed by atoms with E-state index in [-0.39, 0.29) is 35.5 Å². The van der Waals surface area contributed by atoms with Crippen molar-refractivity contribution in [2.24, 2.45) is 0 Å². The van der Waals surface area contributed by atoms with Crippen LogP contribution in [0.15, 0.2) is 22.7 Å². The standard InChI is InChI=1S/C17H18N4O5.ClH/c1-25-17(22)11-4-10(7-14(8-11)21(23)24)16-19-15(20-26-16)9-5-12-2-3-13(6-9)18-12;/h4,7-9,12-13,18H,2-3,5-6H2,1H3;1H. The van der Waals surface area contributed by atoms with Gasteiger partial charge in [0.15, 0.2) is 5.82 Å². The third-order valence-corrected chi connectivity index (χ3v) is 5.08. The number of halogens is 1. The average molecular weight is 395 g/mol. The van der Waals surface area contributed by atoms with Crippen molar-refractivity contribution in [3.8, 4) is 11.5 Å². The van der Waals surface area contributed by atoms with E-state index in [1.165, 1.54) is 32.1 Å². The summed E-state index contributed by atoms with van der Waals surface area (Å²) in [7, 11) is 1.22. The number of aromatic nitrogens is 2. The molecule has 0 radical (unpaired) electrons. The Hall–Kier alpha value is -2.52. The maximum Gasteiger partial charge on any atom is 0.338 e. The number of hydrogen-bond donors (Lipinski definition) is 1. The number of methoxy groups -OCH3 is 1. The van der Waals surface area contributed by atoms with Crippen LogP contribution in [-0.2, 0) is 4.74 Å². The Balaban J connectivity index is 0.00000210. The highest BCUT2D eigenvalue weighted by Crippen LogP contribution is 2.37. The lowest BCUT2D eigenvalue weighted by Crippen LogP contribution is -2.37. The molecule has 27 heavy (non-hydrogen) atoms. The van der Waals surface area contributed by atoms with Gasteiger partial charge in [-0.05, 0) is 31.7 Å². The number of nitrogens with zero attached hydrogens (tertiary/aromatic N) is 3. The van der Waals surface area contributed by atoms with Crippen molar-refractivity contribution in [1.29, 1.82) is 0 Å². The van der Waals surface area contributed by atoms with Gasteiger partial charge < -0.3 is 14.6 Å². The van der Waals surface area contributed by atoms with Crippen LogP contribution < -0.4 is 5.32 Å². The molecule has 1 aromatic carbocycles. The summed E-state index contributed by atoms with van der Waals surface area (Å²) in [6, 6.07) is 4.92. The summed E-state index contributed by atoms with van der Waals surface area (Å²) in [6.07, 6.45) is 4.24. The van der Waals surface area contributed by atoms with Crippen LogP contribution in [0.2, 0.25) is 0 Å². The summed E-state index contributed by atoms with van der Waals surface area (Å²) in [6.45, 7) is 0. The van der Waals surface area contributed by atoms with Gasteiger partial charge in [0.1, 0.15) is 0 Å². The summed E-state index contributed by atoms with van der Waals surface area (Å²) in [5.41, 5.74) is 0.161. The highest BCUT2D eigenvalue weighted by molar-refractivity contribution is 5.91. The second kappa shape index (κ2) is 7.61. The number of esters is 1. The number of nitro groups is 1. The van der Waals surface area contributed by atoms with Crippen LogP contribution in [0, 0.1) is 10.1 Å². The minimum absolute atomic E-state index is 0. The number of ether oxygens (including phenoxy) is 1. The van der Waals surface area contributed by atoms with Gasteiger partial charge in [-0.15, -0.1) is 12.4 Å². The topological polar surface area (TPSA) is 120 Å². The Morgan fingerprint density at radius 2 is 2.00 bits per heavy atom. The maximum absolute atomic E-state index is 11.8. The molecule has 2 atom stereocenters. The third-order valence-electron chi connectivity index (χ3n) is 5.08. The first-order chi connectivity index (χ1) is 12.5. The van der Waals surface area contributed by atoms with Crippen molar-refractivity contribution in [3.63, 3.8) is 0 Å². The van der Waals surface area contributed by atoms with Gasteiger partial charge in [-0.25, -0.2) is 4.79 Å². The molecule has 2 saturated heterocycles. The predicted molar refractivity (Wildman–Crippen MR) is 96.9 cm³/mol. The fourth-order valence-corrected chi connectivity index (χ4v) is 3.86. The lowest BCUT2D eigenvalue weighted by atomic mass is 9.92. The molecular weight excluding hydrogens is 376 g/mol. The second-order valence-corrected chi connectivity index (χ2v) is 6.78. The van der Waals surface area contributed by atoms with E-state index in [9.17, 15) is 14.9 Å². The lowest BCUT2D eigenvalue weighted by molar-refractivity contribution is -0.384. The molecule has 3 heterocycles. The van der Waals surface area contributed by atoms with Gasteiger partial charge in [0.2, 0.25) is 0 Å². The molecular formula is C17H19ClN4O5. The number of nitrogens with one attached hydrogen (secondary N) is 1. The van der Waals surface area contributed by atoms with E-state index < -0.39 is 10.9 Å². The van der Waals surface area contributed by atoms with E-state index in [2.05, 4.69) is 20.2 Å². The minimum Gasteiger partial charge on any atom is -0.465 e. The molecule has 0 aliphatic carbocycles. The summed E-state index contributed by atoms with van der Waals surface area (Å²) >= 11 is 0. The molecule has 0 spiro atoms. The van der Waals surface area contributed by atoms with Gasteiger partial charge in [0.05, 0.1) is 17.6 Å². The van der Waals surface area contributed by atoms with Crippen molar-refractivity contribution in [1.82, 2.24) is 15.5 Å². The molecule has 2 unspecified atom stereocenters. The normalized spacial score (nSPS) is 23.5. The van der Waals surface area contributed by atoms with Gasteiger partial charge in [-0.3, -0.25) is 10.1 Å². The largest absolute Gasteiger partial charge is 0.465 e. The molecule has 2 fully saturated rings. The number of carbonyl (C=O) groups is 1. The first-order valence-electron chi connectivity index (χ1n) is 8.51. The van der Waals surface area contributed by atoms with Crippen molar-refractivity contribution in [3.05, 3.63) is 39.7 Å². The smallest absolute Gasteiger partial charge is 0.338 e. The van der Waals surface area contributed by atoms with Crippen LogP contribution >= 0.6 is 12.4 Å². The fourth-order valence-electron chi connectivity index (χ4n) is 3.86. The van der Waals surface area contributed by atoms with Gasteiger partial charge >= 0.3 is 5.97 Å². The summed E-state index contributed by atoms with van der Waals surface area (Å²) in [4.78, 5) is 26.8. The Labute approximate surface area is 161 Å². The molecule has 2 aromatic rings. The van der Waals surface area contributed by atoms with E-state index in [0.717, 1.165) is 18.9 Å². The number of hydrogen-bond acceptors (Lipinski definition) is 8. The molecule has 4 rings (SSSR count). The number of rotatable bonds is 4. The molecule has 144 valence electrons. The molecule has 10 heteroatoms. The van der Waals surface area contributed by atoms with E-state index in [4.69, 9.17) is 4.52 Å². The zero-order valence-electron chi connectivity index (χ0n) is 14.6. The van der Waals surface area contributed by atoms with Crippen molar-refractivity contribution in [2.45, 2.75) is 43.7 Å². The van der Waals surface area contributed by atoms with E-state index in [1.54, 1.807) is 0 Å². The molecule has 2 aliphatic heterocycles. The number of non-ortho nitro benzene ring substituents is 1. The van der Waals surface area contributed by atoms with Crippen LogP contribution in [0.4, 0.5) is 5.69 Å². The molecule has 1 aromatic heterocycles. The number of carbonyl (C=O) groups excluding carboxylic acids is 1. The second-order valence-electron chi connectivity index (χ2n) is 6.78. The summed E-state index contributed by atoms with van der Waals surface area (Å²) < 4.78 is 10.00. The first-order valence-corrected chi connectivity index (χ1v) is 8.51. The summed E-state index contributed by atoms with van der Waals surface area (Å²) in [5.74, 6) is 0.332. The van der Waals surface area contributed by atoms with Crippen LogP contribution in [0.1, 0.15) is 47.8 Å². The number of benzene rings is 1. The van der Waals surface area contributed by atoms with Gasteiger partial charge in [-0.1, -0.05) is 5.16 Å². The fraction of sp³-hybridized carbons (Fsp3) is 0.471. The molecule has 0 saturated carbocycles. The zero-order chi connectivity index (χ0) is 18.3. The van der Waals surface area contributed by atoms with Crippen LogP contribution in [0.25, 0.3) is 11.5 Å². The van der Waals surface area contributed by atoms with Crippen molar-refractivity contribution in [2.75, 3.05) is 7.11 Å². The maximum atomic E-state index is 11.8.